The molecule has 25 heavy (non-hydrogen) atoms. The highest BCUT2D eigenvalue weighted by molar-refractivity contribution is 5.51. The van der Waals surface area contributed by atoms with Crippen LogP contribution in [-0.4, -0.2) is 53.9 Å². The lowest BCUT2D eigenvalue weighted by atomic mass is 10.2. The number of nitrogens with zero attached hydrogens (tertiary/aromatic N) is 4. The Kier molecular flexibility index (Phi) is 5.67. The zero-order valence-corrected chi connectivity index (χ0v) is 14.7. The van der Waals surface area contributed by atoms with Crippen molar-refractivity contribution in [2.45, 2.75) is 6.54 Å². The van der Waals surface area contributed by atoms with Gasteiger partial charge in [0.2, 0.25) is 0 Å². The van der Waals surface area contributed by atoms with Gasteiger partial charge in [-0.15, -0.1) is 0 Å². The predicted octanol–water partition coefficient (Wildman–Crippen LogP) is 0.473. The number of hydrogen-bond acceptors (Lipinski definition) is 6. The topological polar surface area (TPSA) is 79.4 Å². The summed E-state index contributed by atoms with van der Waals surface area (Å²) in [5.41, 5.74) is 8.88. The van der Waals surface area contributed by atoms with Crippen molar-refractivity contribution < 1.29 is 0 Å². The van der Waals surface area contributed by atoms with Crippen molar-refractivity contribution >= 4 is 11.4 Å². The van der Waals surface area contributed by atoms with Crippen LogP contribution in [0, 0.1) is 0 Å². The summed E-state index contributed by atoms with van der Waals surface area (Å²) in [6.07, 6.45) is 1.77. The van der Waals surface area contributed by atoms with E-state index >= 15 is 0 Å². The molecule has 0 unspecified atom stereocenters. The number of aryl methyl sites for hydroxylation is 1. The fourth-order valence-corrected chi connectivity index (χ4v) is 3.08. The van der Waals surface area contributed by atoms with Crippen molar-refractivity contribution in [2.75, 3.05) is 49.5 Å². The van der Waals surface area contributed by atoms with Gasteiger partial charge in [0.05, 0.1) is 11.9 Å². The van der Waals surface area contributed by atoms with Crippen molar-refractivity contribution in [3.05, 3.63) is 52.4 Å². The smallest absolute Gasteiger partial charge is 0.268 e. The molecular weight excluding hydrogens is 316 g/mol. The Bertz CT molecular complexity index is 751. The molecule has 1 aromatic carbocycles. The molecule has 7 heteroatoms. The highest BCUT2D eigenvalue weighted by Crippen LogP contribution is 2.15. The van der Waals surface area contributed by atoms with Crippen molar-refractivity contribution in [2.24, 2.45) is 12.8 Å². The molecule has 1 aliphatic rings. The van der Waals surface area contributed by atoms with Crippen LogP contribution in [0.5, 0.6) is 0 Å². The minimum Gasteiger partial charge on any atom is -0.383 e. The molecule has 1 saturated heterocycles. The lowest BCUT2D eigenvalue weighted by Crippen LogP contribution is -2.48. The molecule has 3 rings (SSSR count). The molecule has 2 heterocycles. The molecule has 0 saturated carbocycles. The second-order valence-electron chi connectivity index (χ2n) is 6.29. The number of benzene rings is 1. The Labute approximate surface area is 148 Å². The van der Waals surface area contributed by atoms with E-state index in [1.807, 2.05) is 12.1 Å². The van der Waals surface area contributed by atoms with E-state index in [-0.39, 0.29) is 5.56 Å². The lowest BCUT2D eigenvalue weighted by Gasteiger charge is -2.35. The summed E-state index contributed by atoms with van der Waals surface area (Å²) in [6.45, 7) is 6.21. The van der Waals surface area contributed by atoms with Crippen molar-refractivity contribution in [1.29, 1.82) is 0 Å². The fourth-order valence-electron chi connectivity index (χ4n) is 3.08. The monoisotopic (exact) mass is 342 g/mol. The zero-order valence-electron chi connectivity index (χ0n) is 14.7. The van der Waals surface area contributed by atoms with Gasteiger partial charge in [0.25, 0.3) is 5.56 Å². The Morgan fingerprint density at radius 2 is 1.96 bits per heavy atom. The summed E-state index contributed by atoms with van der Waals surface area (Å²) in [6, 6.07) is 9.83. The first kappa shape index (κ1) is 17.4. The van der Waals surface area contributed by atoms with Crippen LogP contribution in [0.25, 0.3) is 0 Å². The Balaban J connectivity index is 1.46. The minimum atomic E-state index is -0.0669. The average Bonchev–Trinajstić information content (AvgIpc) is 2.65. The van der Waals surface area contributed by atoms with E-state index in [0.717, 1.165) is 56.2 Å². The lowest BCUT2D eigenvalue weighted by molar-refractivity contribution is 0.267. The Hall–Kier alpha value is -2.38. The molecule has 0 radical (unpaired) electrons. The van der Waals surface area contributed by atoms with Crippen LogP contribution in [-0.2, 0) is 13.6 Å². The van der Waals surface area contributed by atoms with Crippen LogP contribution in [0.1, 0.15) is 5.56 Å². The summed E-state index contributed by atoms with van der Waals surface area (Å²) in [5.74, 6) is 0. The molecule has 1 fully saturated rings. The first-order chi connectivity index (χ1) is 12.2. The van der Waals surface area contributed by atoms with Crippen molar-refractivity contribution in [1.82, 2.24) is 14.7 Å². The number of nitrogens with two attached hydrogens (primary N) is 1. The molecule has 2 aromatic rings. The molecular formula is C18H26N6O. The number of para-hydroxylation sites is 1. The maximum Gasteiger partial charge on any atom is 0.268 e. The summed E-state index contributed by atoms with van der Waals surface area (Å²) < 4.78 is 1.35. The van der Waals surface area contributed by atoms with Gasteiger partial charge in [-0.05, 0) is 11.6 Å². The fraction of sp³-hybridized carbons (Fsp3) is 0.444. The SMILES string of the molecule is Cn1ncc(N2CCN(CCNc3ccccc3CN)CC2)cc1=O. The maximum absolute atomic E-state index is 11.7. The number of hydrogen-bond donors (Lipinski definition) is 2. The zero-order chi connectivity index (χ0) is 17.6. The van der Waals surface area contributed by atoms with Gasteiger partial charge >= 0.3 is 0 Å². The van der Waals surface area contributed by atoms with Crippen LogP contribution in [0.2, 0.25) is 0 Å². The van der Waals surface area contributed by atoms with Crippen LogP contribution in [0.4, 0.5) is 11.4 Å². The van der Waals surface area contributed by atoms with Gasteiger partial charge < -0.3 is 16.0 Å². The van der Waals surface area contributed by atoms with Crippen molar-refractivity contribution in [3.63, 3.8) is 0 Å². The summed E-state index contributed by atoms with van der Waals surface area (Å²) in [5, 5.41) is 7.58. The van der Waals surface area contributed by atoms with Gasteiger partial charge in [-0.25, -0.2) is 4.68 Å². The van der Waals surface area contributed by atoms with Gasteiger partial charge in [0.15, 0.2) is 0 Å². The molecule has 134 valence electrons. The van der Waals surface area contributed by atoms with Crippen LogP contribution in [0.3, 0.4) is 0 Å². The first-order valence-electron chi connectivity index (χ1n) is 8.70. The quantitative estimate of drug-likeness (QED) is 0.795. The second kappa shape index (κ2) is 8.13. The number of nitrogens with one attached hydrogen (secondary N) is 1. The third-order valence-electron chi connectivity index (χ3n) is 4.67. The predicted molar refractivity (Wildman–Crippen MR) is 101 cm³/mol. The van der Waals surface area contributed by atoms with Gasteiger partial charge in [0, 0.05) is 64.6 Å². The first-order valence-corrected chi connectivity index (χ1v) is 8.70. The molecule has 0 atom stereocenters. The van der Waals surface area contributed by atoms with E-state index < -0.39 is 0 Å². The highest BCUT2D eigenvalue weighted by atomic mass is 16.1. The van der Waals surface area contributed by atoms with E-state index in [2.05, 4.69) is 32.3 Å². The van der Waals surface area contributed by atoms with Crippen LogP contribution >= 0.6 is 0 Å². The highest BCUT2D eigenvalue weighted by Gasteiger charge is 2.17. The number of aromatic nitrogens is 2. The van der Waals surface area contributed by atoms with E-state index in [9.17, 15) is 4.79 Å². The van der Waals surface area contributed by atoms with E-state index in [0.29, 0.717) is 6.54 Å². The molecule has 0 bridgehead atoms. The molecule has 0 spiro atoms. The van der Waals surface area contributed by atoms with Gasteiger partial charge in [0.1, 0.15) is 0 Å². The normalized spacial score (nSPS) is 15.4. The van der Waals surface area contributed by atoms with E-state index in [4.69, 9.17) is 5.73 Å². The average molecular weight is 342 g/mol. The number of anilines is 2. The Morgan fingerprint density at radius 3 is 2.68 bits per heavy atom. The Morgan fingerprint density at radius 1 is 1.20 bits per heavy atom. The summed E-state index contributed by atoms with van der Waals surface area (Å²) in [4.78, 5) is 16.4. The molecule has 3 N–H and O–H groups in total. The second-order valence-corrected chi connectivity index (χ2v) is 6.29. The third kappa shape index (κ3) is 4.37. The minimum absolute atomic E-state index is 0.0669. The molecule has 7 nitrogen and oxygen atoms in total. The van der Waals surface area contributed by atoms with Gasteiger partial charge in [-0.3, -0.25) is 9.69 Å². The maximum atomic E-state index is 11.7. The molecule has 1 aliphatic heterocycles. The standard InChI is InChI=1S/C18H26N6O/c1-22-18(25)12-16(14-21-22)24-10-8-23(9-11-24)7-6-20-17-5-3-2-4-15(17)13-19/h2-5,12,14,20H,6-11,13,19H2,1H3. The summed E-state index contributed by atoms with van der Waals surface area (Å²) >= 11 is 0. The largest absolute Gasteiger partial charge is 0.383 e. The molecule has 0 amide bonds. The number of piperazine rings is 1. The van der Waals surface area contributed by atoms with Gasteiger partial charge in [-0.1, -0.05) is 18.2 Å². The third-order valence-corrected chi connectivity index (χ3v) is 4.67. The van der Waals surface area contributed by atoms with Crippen LogP contribution in [0.15, 0.2) is 41.3 Å². The van der Waals surface area contributed by atoms with Crippen LogP contribution < -0.4 is 21.5 Å². The van der Waals surface area contributed by atoms with Crippen molar-refractivity contribution in [3.8, 4) is 0 Å². The molecule has 0 aliphatic carbocycles. The van der Waals surface area contributed by atoms with Gasteiger partial charge in [-0.2, -0.15) is 5.10 Å². The van der Waals surface area contributed by atoms with E-state index in [1.54, 1.807) is 19.3 Å². The molecule has 1 aromatic heterocycles. The summed E-state index contributed by atoms with van der Waals surface area (Å²) in [7, 11) is 1.67. The number of rotatable bonds is 6. The van der Waals surface area contributed by atoms with E-state index in [1.165, 1.54) is 4.68 Å².